The Kier molecular flexibility index (Phi) is 4.30. The van der Waals surface area contributed by atoms with Crippen LogP contribution in [0.25, 0.3) is 0 Å². The van der Waals surface area contributed by atoms with Crippen LogP contribution in [0.3, 0.4) is 0 Å². The summed E-state index contributed by atoms with van der Waals surface area (Å²) in [5.74, 6) is -0.189. The number of amides is 1. The van der Waals surface area contributed by atoms with Crippen molar-refractivity contribution in [2.24, 2.45) is 0 Å². The molecule has 0 aliphatic heterocycles. The first kappa shape index (κ1) is 13.3. The zero-order valence-corrected chi connectivity index (χ0v) is 11.1. The number of aromatic amines is 1. The van der Waals surface area contributed by atoms with Crippen molar-refractivity contribution in [2.75, 3.05) is 11.9 Å². The molecule has 1 unspecified atom stereocenters. The number of anilines is 1. The smallest absolute Gasteiger partial charge is 0.273 e. The van der Waals surface area contributed by atoms with Gasteiger partial charge in [-0.05, 0) is 37.2 Å². The van der Waals surface area contributed by atoms with Gasteiger partial charge in [-0.25, -0.2) is 0 Å². The van der Waals surface area contributed by atoms with E-state index >= 15 is 0 Å². The molecule has 1 amide bonds. The summed E-state index contributed by atoms with van der Waals surface area (Å²) < 4.78 is 0. The third-order valence-electron chi connectivity index (χ3n) is 2.90. The number of H-pyrrole nitrogens is 1. The molecule has 1 heterocycles. The summed E-state index contributed by atoms with van der Waals surface area (Å²) in [5.41, 5.74) is 2.37. The Hall–Kier alpha value is -2.14. The second kappa shape index (κ2) is 6.15. The van der Waals surface area contributed by atoms with E-state index in [4.69, 9.17) is 0 Å². The number of benzene rings is 1. The zero-order chi connectivity index (χ0) is 13.7. The van der Waals surface area contributed by atoms with Crippen LogP contribution in [-0.4, -0.2) is 22.6 Å². The predicted molar refractivity (Wildman–Crippen MR) is 75.1 cm³/mol. The first-order chi connectivity index (χ1) is 9.20. The van der Waals surface area contributed by atoms with Gasteiger partial charge in [-0.15, -0.1) is 0 Å². The maximum Gasteiger partial charge on any atom is 0.273 e. The minimum atomic E-state index is -0.189. The minimum Gasteiger partial charge on any atom is -0.321 e. The van der Waals surface area contributed by atoms with E-state index in [-0.39, 0.29) is 11.9 Å². The third kappa shape index (κ3) is 3.42. The second-order valence-corrected chi connectivity index (χ2v) is 4.33. The first-order valence-corrected chi connectivity index (χ1v) is 6.34. The molecule has 5 heteroatoms. The minimum absolute atomic E-state index is 0.189. The summed E-state index contributed by atoms with van der Waals surface area (Å²) in [5, 5.41) is 12.6. The van der Waals surface area contributed by atoms with Gasteiger partial charge < -0.3 is 10.6 Å². The molecular weight excluding hydrogens is 240 g/mol. The van der Waals surface area contributed by atoms with Crippen molar-refractivity contribution >= 4 is 11.6 Å². The van der Waals surface area contributed by atoms with Crippen molar-refractivity contribution in [3.05, 3.63) is 47.8 Å². The molecule has 0 saturated heterocycles. The van der Waals surface area contributed by atoms with E-state index in [0.29, 0.717) is 5.69 Å². The molecule has 0 fully saturated rings. The molecule has 1 aromatic carbocycles. The Balaban J connectivity index is 2.09. The molecule has 0 aliphatic rings. The number of nitrogens with zero attached hydrogens (tertiary/aromatic N) is 1. The van der Waals surface area contributed by atoms with Crippen LogP contribution in [0.2, 0.25) is 0 Å². The van der Waals surface area contributed by atoms with E-state index in [2.05, 4.69) is 34.7 Å². The van der Waals surface area contributed by atoms with Gasteiger partial charge in [0.05, 0.1) is 0 Å². The van der Waals surface area contributed by atoms with Crippen molar-refractivity contribution in [3.8, 4) is 0 Å². The Bertz CT molecular complexity index is 536. The van der Waals surface area contributed by atoms with E-state index in [9.17, 15) is 4.79 Å². The molecule has 2 rings (SSSR count). The quantitative estimate of drug-likeness (QED) is 0.771. The van der Waals surface area contributed by atoms with Gasteiger partial charge in [0.15, 0.2) is 0 Å². The van der Waals surface area contributed by atoms with Crippen LogP contribution in [0, 0.1) is 0 Å². The normalized spacial score (nSPS) is 12.1. The molecule has 0 aliphatic carbocycles. The molecule has 0 spiro atoms. The molecule has 0 bridgehead atoms. The molecule has 3 N–H and O–H groups in total. The van der Waals surface area contributed by atoms with Gasteiger partial charge in [-0.1, -0.05) is 19.1 Å². The summed E-state index contributed by atoms with van der Waals surface area (Å²) >= 11 is 0. The fourth-order valence-electron chi connectivity index (χ4n) is 1.89. The lowest BCUT2D eigenvalue weighted by atomic mass is 10.1. The summed E-state index contributed by atoms with van der Waals surface area (Å²) in [6.07, 6.45) is 1.55. The summed E-state index contributed by atoms with van der Waals surface area (Å²) in [4.78, 5) is 11.9. The number of nitrogens with one attached hydrogen (secondary N) is 3. The highest BCUT2D eigenvalue weighted by Gasteiger charge is 2.09. The number of hydrogen-bond donors (Lipinski definition) is 3. The highest BCUT2D eigenvalue weighted by molar-refractivity contribution is 6.02. The van der Waals surface area contributed by atoms with Crippen LogP contribution in [0.4, 0.5) is 5.69 Å². The molecule has 0 saturated carbocycles. The second-order valence-electron chi connectivity index (χ2n) is 4.33. The van der Waals surface area contributed by atoms with Crippen LogP contribution in [0.5, 0.6) is 0 Å². The van der Waals surface area contributed by atoms with E-state index in [1.165, 1.54) is 0 Å². The average molecular weight is 258 g/mol. The molecule has 19 heavy (non-hydrogen) atoms. The van der Waals surface area contributed by atoms with Crippen LogP contribution in [0.1, 0.15) is 35.9 Å². The van der Waals surface area contributed by atoms with Gasteiger partial charge >= 0.3 is 0 Å². The lowest BCUT2D eigenvalue weighted by Gasteiger charge is -2.14. The van der Waals surface area contributed by atoms with Crippen molar-refractivity contribution < 1.29 is 4.79 Å². The third-order valence-corrected chi connectivity index (χ3v) is 2.90. The molecule has 1 atom stereocenters. The molecule has 1 aromatic heterocycles. The van der Waals surface area contributed by atoms with Crippen LogP contribution in [-0.2, 0) is 0 Å². The van der Waals surface area contributed by atoms with E-state index in [1.807, 2.05) is 24.3 Å². The van der Waals surface area contributed by atoms with Crippen molar-refractivity contribution in [1.82, 2.24) is 15.5 Å². The average Bonchev–Trinajstić information content (AvgIpc) is 2.93. The highest BCUT2D eigenvalue weighted by atomic mass is 16.1. The number of aromatic nitrogens is 2. The molecule has 0 radical (unpaired) electrons. The van der Waals surface area contributed by atoms with Crippen LogP contribution in [0.15, 0.2) is 36.5 Å². The van der Waals surface area contributed by atoms with Gasteiger partial charge in [-0.2, -0.15) is 5.10 Å². The largest absolute Gasteiger partial charge is 0.321 e. The lowest BCUT2D eigenvalue weighted by Crippen LogP contribution is -2.18. The maximum atomic E-state index is 11.9. The lowest BCUT2D eigenvalue weighted by molar-refractivity contribution is 0.102. The Morgan fingerprint density at radius 1 is 1.42 bits per heavy atom. The summed E-state index contributed by atoms with van der Waals surface area (Å²) in [6, 6.07) is 9.72. The van der Waals surface area contributed by atoms with Crippen molar-refractivity contribution in [1.29, 1.82) is 0 Å². The van der Waals surface area contributed by atoms with Gasteiger partial charge in [-0.3, -0.25) is 9.89 Å². The number of hydrogen-bond acceptors (Lipinski definition) is 3. The number of carbonyl (C=O) groups is 1. The monoisotopic (exact) mass is 258 g/mol. The zero-order valence-electron chi connectivity index (χ0n) is 11.1. The SMILES string of the molecule is CCNC(C)c1cccc(NC(=O)c2ccn[nH]2)c1. The van der Waals surface area contributed by atoms with E-state index < -0.39 is 0 Å². The molecule has 100 valence electrons. The summed E-state index contributed by atoms with van der Waals surface area (Å²) in [7, 11) is 0. The highest BCUT2D eigenvalue weighted by Crippen LogP contribution is 2.17. The van der Waals surface area contributed by atoms with Gasteiger partial charge in [0.25, 0.3) is 5.91 Å². The molecular formula is C14H18N4O. The first-order valence-electron chi connectivity index (χ1n) is 6.34. The van der Waals surface area contributed by atoms with Crippen LogP contribution >= 0.6 is 0 Å². The molecule has 5 nitrogen and oxygen atoms in total. The van der Waals surface area contributed by atoms with E-state index in [0.717, 1.165) is 17.8 Å². The van der Waals surface area contributed by atoms with Crippen molar-refractivity contribution in [2.45, 2.75) is 19.9 Å². The standard InChI is InChI=1S/C14H18N4O/c1-3-15-10(2)11-5-4-6-12(9-11)17-14(19)13-7-8-16-18-13/h4-10,15H,3H2,1-2H3,(H,16,18)(H,17,19). The topological polar surface area (TPSA) is 69.8 Å². The summed E-state index contributed by atoms with van der Waals surface area (Å²) in [6.45, 7) is 5.07. The molecule has 2 aromatic rings. The maximum absolute atomic E-state index is 11.9. The fourth-order valence-corrected chi connectivity index (χ4v) is 1.89. The van der Waals surface area contributed by atoms with Gasteiger partial charge in [0.2, 0.25) is 0 Å². The Morgan fingerprint density at radius 2 is 2.26 bits per heavy atom. The van der Waals surface area contributed by atoms with Crippen molar-refractivity contribution in [3.63, 3.8) is 0 Å². The number of rotatable bonds is 5. The van der Waals surface area contributed by atoms with Crippen LogP contribution < -0.4 is 10.6 Å². The van der Waals surface area contributed by atoms with Gasteiger partial charge in [0, 0.05) is 17.9 Å². The Morgan fingerprint density at radius 3 is 2.95 bits per heavy atom. The fraction of sp³-hybridized carbons (Fsp3) is 0.286. The Labute approximate surface area is 112 Å². The number of carbonyl (C=O) groups excluding carboxylic acids is 1. The van der Waals surface area contributed by atoms with E-state index in [1.54, 1.807) is 12.3 Å². The van der Waals surface area contributed by atoms with Gasteiger partial charge in [0.1, 0.15) is 5.69 Å². The predicted octanol–water partition coefficient (Wildman–Crippen LogP) is 2.33.